The highest BCUT2D eigenvalue weighted by Gasteiger charge is 2.37. The maximum absolute atomic E-state index is 12.7. The average molecular weight is 386 g/mol. The van der Waals surface area contributed by atoms with Gasteiger partial charge >= 0.3 is 5.97 Å². The van der Waals surface area contributed by atoms with E-state index in [1.807, 2.05) is 0 Å². The quantitative estimate of drug-likeness (QED) is 0.595. The first-order valence-corrected chi connectivity index (χ1v) is 8.99. The molecule has 2 aromatic carbocycles. The van der Waals surface area contributed by atoms with Crippen LogP contribution in [0.2, 0.25) is 5.02 Å². The molecule has 27 heavy (non-hydrogen) atoms. The van der Waals surface area contributed by atoms with E-state index in [0.29, 0.717) is 17.3 Å². The number of halogens is 1. The third-order valence-electron chi connectivity index (χ3n) is 4.63. The Hall–Kier alpha value is -2.70. The molecule has 0 N–H and O–H groups in total. The Labute approximate surface area is 160 Å². The minimum Gasteiger partial charge on any atom is -0.459 e. The van der Waals surface area contributed by atoms with Gasteiger partial charge in [-0.1, -0.05) is 11.6 Å². The number of benzene rings is 2. The van der Waals surface area contributed by atoms with Gasteiger partial charge in [0.15, 0.2) is 0 Å². The third kappa shape index (κ3) is 3.34. The lowest BCUT2D eigenvalue weighted by molar-refractivity contribution is 0.0161. The van der Waals surface area contributed by atoms with Crippen molar-refractivity contribution in [3.8, 4) is 0 Å². The van der Waals surface area contributed by atoms with Gasteiger partial charge in [0, 0.05) is 11.6 Å². The summed E-state index contributed by atoms with van der Waals surface area (Å²) in [5.41, 5.74) is 1.09. The fourth-order valence-electron chi connectivity index (χ4n) is 3.22. The number of hydrogen-bond acceptors (Lipinski definition) is 5. The van der Waals surface area contributed by atoms with Crippen LogP contribution >= 0.6 is 11.6 Å². The maximum Gasteiger partial charge on any atom is 0.338 e. The van der Waals surface area contributed by atoms with Gasteiger partial charge in [0.1, 0.15) is 6.61 Å². The summed E-state index contributed by atoms with van der Waals surface area (Å²) in [4.78, 5) is 38.7. The highest BCUT2D eigenvalue weighted by Crippen LogP contribution is 2.30. The molecule has 2 aromatic rings. The summed E-state index contributed by atoms with van der Waals surface area (Å²) in [7, 11) is 0. The first-order chi connectivity index (χ1) is 13.0. The van der Waals surface area contributed by atoms with Crippen LogP contribution in [0.25, 0.3) is 0 Å². The molecule has 0 spiro atoms. The van der Waals surface area contributed by atoms with Crippen LogP contribution in [0.1, 0.15) is 43.9 Å². The Bertz CT molecular complexity index is 918. The third-order valence-corrected chi connectivity index (χ3v) is 4.88. The molecule has 1 atom stereocenters. The van der Waals surface area contributed by atoms with E-state index in [2.05, 4.69) is 0 Å². The largest absolute Gasteiger partial charge is 0.459 e. The predicted molar refractivity (Wildman–Crippen MR) is 98.3 cm³/mol. The molecule has 138 valence electrons. The van der Waals surface area contributed by atoms with Crippen LogP contribution < -0.4 is 4.90 Å². The fraction of sp³-hybridized carbons (Fsp3) is 0.250. The molecule has 2 heterocycles. The summed E-state index contributed by atoms with van der Waals surface area (Å²) < 4.78 is 10.7. The summed E-state index contributed by atoms with van der Waals surface area (Å²) >= 11 is 5.86. The van der Waals surface area contributed by atoms with Crippen molar-refractivity contribution in [1.82, 2.24) is 0 Å². The molecule has 0 saturated carbocycles. The second kappa shape index (κ2) is 7.13. The zero-order valence-electron chi connectivity index (χ0n) is 14.3. The first-order valence-electron chi connectivity index (χ1n) is 8.62. The molecule has 4 rings (SSSR count). The van der Waals surface area contributed by atoms with Gasteiger partial charge in [0.05, 0.1) is 28.5 Å². The molecular weight excluding hydrogens is 370 g/mol. The van der Waals surface area contributed by atoms with Gasteiger partial charge in [-0.05, 0) is 55.3 Å². The van der Waals surface area contributed by atoms with Gasteiger partial charge in [-0.2, -0.15) is 0 Å². The van der Waals surface area contributed by atoms with Gasteiger partial charge < -0.3 is 9.47 Å². The summed E-state index contributed by atoms with van der Waals surface area (Å²) in [5.74, 6) is -1.46. The van der Waals surface area contributed by atoms with Crippen LogP contribution in [0.15, 0.2) is 42.5 Å². The van der Waals surface area contributed by atoms with Crippen molar-refractivity contribution in [1.29, 1.82) is 0 Å². The van der Waals surface area contributed by atoms with Gasteiger partial charge in [0.2, 0.25) is 0 Å². The van der Waals surface area contributed by atoms with Crippen LogP contribution in [0.4, 0.5) is 5.69 Å². The van der Waals surface area contributed by atoms with Crippen molar-refractivity contribution < 1.29 is 23.9 Å². The van der Waals surface area contributed by atoms with Crippen molar-refractivity contribution in [2.75, 3.05) is 18.1 Å². The molecule has 0 bridgehead atoms. The van der Waals surface area contributed by atoms with E-state index in [-0.39, 0.29) is 29.4 Å². The van der Waals surface area contributed by atoms with E-state index in [0.717, 1.165) is 17.7 Å². The van der Waals surface area contributed by atoms with Crippen molar-refractivity contribution in [3.05, 3.63) is 64.2 Å². The number of rotatable bonds is 4. The normalized spacial score (nSPS) is 18.7. The minimum absolute atomic E-state index is 0.0769. The number of carbonyl (C=O) groups excluding carboxylic acids is 3. The minimum atomic E-state index is -0.543. The smallest absolute Gasteiger partial charge is 0.338 e. The Balaban J connectivity index is 1.54. The van der Waals surface area contributed by atoms with E-state index >= 15 is 0 Å². The molecule has 2 aliphatic heterocycles. The number of carbonyl (C=O) groups is 3. The molecule has 2 aliphatic rings. The monoisotopic (exact) mass is 385 g/mol. The van der Waals surface area contributed by atoms with E-state index in [9.17, 15) is 14.4 Å². The number of nitrogens with zero attached hydrogens (tertiary/aromatic N) is 1. The molecule has 1 unspecified atom stereocenters. The zero-order valence-corrected chi connectivity index (χ0v) is 15.1. The van der Waals surface area contributed by atoms with Gasteiger partial charge in [-0.3, -0.25) is 9.59 Å². The zero-order chi connectivity index (χ0) is 19.0. The molecule has 2 amide bonds. The number of anilines is 1. The standard InChI is InChI=1S/C20H16ClNO5/c21-13-4-6-14(7-5-13)22-18(23)16-8-3-12(10-17(16)19(22)24)20(25)27-11-15-2-1-9-26-15/h3-8,10,15H,1-2,9,11H2. The van der Waals surface area contributed by atoms with Crippen LogP contribution in [-0.4, -0.2) is 37.1 Å². The Morgan fingerprint density at radius 3 is 2.56 bits per heavy atom. The Kier molecular flexibility index (Phi) is 4.68. The van der Waals surface area contributed by atoms with E-state index in [4.69, 9.17) is 21.1 Å². The lowest BCUT2D eigenvalue weighted by Crippen LogP contribution is -2.29. The lowest BCUT2D eigenvalue weighted by Gasteiger charge is -2.13. The first kappa shape index (κ1) is 17.7. The average Bonchev–Trinajstić information content (AvgIpc) is 3.28. The topological polar surface area (TPSA) is 72.9 Å². The van der Waals surface area contributed by atoms with Gasteiger partial charge in [0.25, 0.3) is 11.8 Å². The second-order valence-electron chi connectivity index (χ2n) is 6.42. The number of fused-ring (bicyclic) bond motifs is 1. The summed E-state index contributed by atoms with van der Waals surface area (Å²) in [6.45, 7) is 0.859. The van der Waals surface area contributed by atoms with Crippen molar-refractivity contribution in [3.63, 3.8) is 0 Å². The van der Waals surface area contributed by atoms with E-state index in [1.54, 1.807) is 24.3 Å². The van der Waals surface area contributed by atoms with Crippen LogP contribution in [0, 0.1) is 0 Å². The molecule has 0 aromatic heterocycles. The predicted octanol–water partition coefficient (Wildman–Crippen LogP) is 3.48. The molecule has 1 saturated heterocycles. The Morgan fingerprint density at radius 1 is 1.11 bits per heavy atom. The molecule has 0 radical (unpaired) electrons. The van der Waals surface area contributed by atoms with E-state index < -0.39 is 17.8 Å². The highest BCUT2D eigenvalue weighted by molar-refractivity contribution is 6.35. The molecule has 6 nitrogen and oxygen atoms in total. The number of esters is 1. The number of imide groups is 1. The van der Waals surface area contributed by atoms with Crippen LogP contribution in [-0.2, 0) is 9.47 Å². The second-order valence-corrected chi connectivity index (χ2v) is 6.85. The fourth-order valence-corrected chi connectivity index (χ4v) is 3.35. The summed E-state index contributed by atoms with van der Waals surface area (Å²) in [6, 6.07) is 10.8. The summed E-state index contributed by atoms with van der Waals surface area (Å²) in [6.07, 6.45) is 1.74. The van der Waals surface area contributed by atoms with Crippen LogP contribution in [0.3, 0.4) is 0 Å². The number of ether oxygens (including phenoxy) is 2. The van der Waals surface area contributed by atoms with Crippen LogP contribution in [0.5, 0.6) is 0 Å². The molecule has 0 aliphatic carbocycles. The summed E-state index contributed by atoms with van der Waals surface area (Å²) in [5, 5.41) is 0.506. The SMILES string of the molecule is O=C(OCC1CCCO1)c1ccc2c(c1)C(=O)N(c1ccc(Cl)cc1)C2=O. The molecular formula is C20H16ClNO5. The Morgan fingerprint density at radius 2 is 1.85 bits per heavy atom. The number of amides is 2. The maximum atomic E-state index is 12.7. The van der Waals surface area contributed by atoms with Crippen molar-refractivity contribution in [2.45, 2.75) is 18.9 Å². The molecule has 1 fully saturated rings. The van der Waals surface area contributed by atoms with Gasteiger partial charge in [-0.15, -0.1) is 0 Å². The highest BCUT2D eigenvalue weighted by atomic mass is 35.5. The lowest BCUT2D eigenvalue weighted by atomic mass is 10.1. The van der Waals surface area contributed by atoms with E-state index in [1.165, 1.54) is 18.2 Å². The number of hydrogen-bond donors (Lipinski definition) is 0. The van der Waals surface area contributed by atoms with Crippen molar-refractivity contribution >= 4 is 35.1 Å². The molecule has 7 heteroatoms. The van der Waals surface area contributed by atoms with Crippen molar-refractivity contribution in [2.24, 2.45) is 0 Å². The van der Waals surface area contributed by atoms with Gasteiger partial charge in [-0.25, -0.2) is 9.69 Å².